The summed E-state index contributed by atoms with van der Waals surface area (Å²) in [6.07, 6.45) is 0. The summed E-state index contributed by atoms with van der Waals surface area (Å²) in [7, 11) is -1.08. The predicted molar refractivity (Wildman–Crippen MR) is 130 cm³/mol. The summed E-state index contributed by atoms with van der Waals surface area (Å²) in [6, 6.07) is 5.82. The first-order valence-electron chi connectivity index (χ1n) is 10.1. The first-order chi connectivity index (χ1) is 13.2. The molecule has 2 heterocycles. The average molecular weight is 535 g/mol. The second kappa shape index (κ2) is 9.20. The van der Waals surface area contributed by atoms with E-state index in [4.69, 9.17) is 21.3 Å². The fraction of sp³-hybridized carbons (Fsp3) is 0.650. The first-order valence-corrected chi connectivity index (χ1v) is 15.3. The topological polar surface area (TPSA) is 33.5 Å². The number of hydrogen-bond donors (Lipinski definition) is 0. The Morgan fingerprint density at radius 3 is 2.68 bits per heavy atom. The van der Waals surface area contributed by atoms with Crippen molar-refractivity contribution in [3.63, 3.8) is 0 Å². The molecule has 28 heavy (non-hydrogen) atoms. The van der Waals surface area contributed by atoms with Gasteiger partial charge in [0.25, 0.3) is 0 Å². The van der Waals surface area contributed by atoms with Gasteiger partial charge in [-0.3, -0.25) is 9.47 Å². The van der Waals surface area contributed by atoms with Crippen LogP contribution in [0.4, 0.5) is 5.69 Å². The minimum Gasteiger partial charge on any atom is -0.365 e. The summed E-state index contributed by atoms with van der Waals surface area (Å²) in [6.45, 7) is 17.2. The highest BCUT2D eigenvalue weighted by molar-refractivity contribution is 14.1. The fourth-order valence-corrected chi connectivity index (χ4v) is 5.34. The molecule has 1 aromatic carbocycles. The molecule has 1 aromatic heterocycles. The number of likely N-dealkylation sites (N-methyl/N-ethyl adjacent to an activating group) is 1. The third kappa shape index (κ3) is 5.22. The van der Waals surface area contributed by atoms with E-state index in [1.807, 2.05) is 6.07 Å². The van der Waals surface area contributed by atoms with E-state index in [-0.39, 0.29) is 0 Å². The van der Waals surface area contributed by atoms with Crippen molar-refractivity contribution >= 4 is 59.0 Å². The number of halogens is 2. The molecule has 1 fully saturated rings. The third-order valence-electron chi connectivity index (χ3n) is 5.46. The number of imidazole rings is 1. The molecule has 156 valence electrons. The number of anilines is 1. The van der Waals surface area contributed by atoms with Crippen molar-refractivity contribution in [1.82, 2.24) is 14.5 Å². The highest BCUT2D eigenvalue weighted by atomic mass is 127. The Morgan fingerprint density at radius 1 is 1.29 bits per heavy atom. The van der Waals surface area contributed by atoms with E-state index in [1.165, 1.54) is 6.04 Å². The number of benzene rings is 1. The van der Waals surface area contributed by atoms with Gasteiger partial charge in [0.2, 0.25) is 0 Å². The summed E-state index contributed by atoms with van der Waals surface area (Å²) in [5.74, 6) is 0. The van der Waals surface area contributed by atoms with E-state index in [0.717, 1.165) is 58.4 Å². The Morgan fingerprint density at radius 2 is 2.04 bits per heavy atom. The quantitative estimate of drug-likeness (QED) is 0.280. The van der Waals surface area contributed by atoms with Crippen LogP contribution in [0.25, 0.3) is 11.0 Å². The minimum atomic E-state index is -1.08. The molecule has 0 radical (unpaired) electrons. The molecule has 5 nitrogen and oxygen atoms in total. The van der Waals surface area contributed by atoms with Crippen LogP contribution in [0.5, 0.6) is 0 Å². The highest BCUT2D eigenvalue weighted by Gasteiger charge is 2.25. The Hall–Kier alpha value is -0.353. The summed E-state index contributed by atoms with van der Waals surface area (Å²) in [5, 5.41) is 0.782. The van der Waals surface area contributed by atoms with Crippen molar-refractivity contribution < 1.29 is 4.74 Å². The van der Waals surface area contributed by atoms with Crippen molar-refractivity contribution in [1.29, 1.82) is 0 Å². The zero-order valence-electron chi connectivity index (χ0n) is 17.6. The number of rotatable bonds is 7. The second-order valence-electron chi connectivity index (χ2n) is 8.88. The largest absolute Gasteiger partial charge is 0.365 e. The maximum atomic E-state index is 6.68. The number of ether oxygens (including phenoxy) is 1. The molecule has 1 aliphatic heterocycles. The van der Waals surface area contributed by atoms with E-state index < -0.39 is 8.07 Å². The SMILES string of the molecule is CCN1CCN(c2cc3c(cc2Cl)nc(I)n3COCC[Si](C)(C)C)C(C)C1. The lowest BCUT2D eigenvalue weighted by atomic mass is 10.1. The van der Waals surface area contributed by atoms with E-state index in [9.17, 15) is 0 Å². The number of hydrogen-bond acceptors (Lipinski definition) is 4. The van der Waals surface area contributed by atoms with Crippen LogP contribution in [-0.2, 0) is 11.5 Å². The van der Waals surface area contributed by atoms with Crippen molar-refractivity contribution in [2.75, 3.05) is 37.7 Å². The van der Waals surface area contributed by atoms with Crippen molar-refractivity contribution in [3.8, 4) is 0 Å². The van der Waals surface area contributed by atoms with Gasteiger partial charge in [-0.25, -0.2) is 4.98 Å². The lowest BCUT2D eigenvalue weighted by molar-refractivity contribution is 0.0881. The Labute approximate surface area is 188 Å². The van der Waals surface area contributed by atoms with E-state index in [0.29, 0.717) is 12.8 Å². The van der Waals surface area contributed by atoms with Gasteiger partial charge in [-0.05, 0) is 31.6 Å². The second-order valence-corrected chi connectivity index (χ2v) is 15.9. The maximum Gasteiger partial charge on any atom is 0.174 e. The monoisotopic (exact) mass is 534 g/mol. The van der Waals surface area contributed by atoms with Crippen molar-refractivity contribution in [2.24, 2.45) is 0 Å². The lowest BCUT2D eigenvalue weighted by Gasteiger charge is -2.41. The van der Waals surface area contributed by atoms with Crippen LogP contribution in [0, 0.1) is 3.83 Å². The molecule has 0 saturated carbocycles. The molecule has 0 bridgehead atoms. The molecule has 0 spiro atoms. The molecule has 0 N–H and O–H groups in total. The normalized spacial score (nSPS) is 19.0. The van der Waals surface area contributed by atoms with Gasteiger partial charge in [-0.1, -0.05) is 38.2 Å². The Kier molecular flexibility index (Phi) is 7.34. The fourth-order valence-electron chi connectivity index (χ4n) is 3.66. The van der Waals surface area contributed by atoms with Crippen LogP contribution in [0.1, 0.15) is 13.8 Å². The van der Waals surface area contributed by atoms with E-state index in [1.54, 1.807) is 0 Å². The van der Waals surface area contributed by atoms with Crippen LogP contribution >= 0.6 is 34.2 Å². The first kappa shape index (κ1) is 22.3. The highest BCUT2D eigenvalue weighted by Crippen LogP contribution is 2.34. The number of fused-ring (bicyclic) bond motifs is 1. The number of nitrogens with zero attached hydrogens (tertiary/aromatic N) is 4. The molecule has 3 rings (SSSR count). The van der Waals surface area contributed by atoms with Gasteiger partial charge in [-0.15, -0.1) is 0 Å². The van der Waals surface area contributed by atoms with E-state index >= 15 is 0 Å². The minimum absolute atomic E-state index is 0.437. The average Bonchev–Trinajstić information content (AvgIpc) is 2.91. The van der Waals surface area contributed by atoms with Gasteiger partial charge in [0, 0.05) is 62.9 Å². The van der Waals surface area contributed by atoms with Gasteiger partial charge >= 0.3 is 0 Å². The molecular weight excluding hydrogens is 503 g/mol. The predicted octanol–water partition coefficient (Wildman–Crippen LogP) is 5.14. The van der Waals surface area contributed by atoms with Crippen molar-refractivity contribution in [3.05, 3.63) is 21.0 Å². The van der Waals surface area contributed by atoms with Gasteiger partial charge in [0.15, 0.2) is 3.83 Å². The molecule has 8 heteroatoms. The zero-order valence-corrected chi connectivity index (χ0v) is 21.5. The Bertz CT molecular complexity index is 823. The van der Waals surface area contributed by atoms with Gasteiger partial charge in [0.1, 0.15) is 6.73 Å². The molecule has 1 aliphatic rings. The van der Waals surface area contributed by atoms with Crippen LogP contribution in [0.2, 0.25) is 30.7 Å². The maximum absolute atomic E-state index is 6.68. The summed E-state index contributed by atoms with van der Waals surface area (Å²) in [4.78, 5) is 9.63. The van der Waals surface area contributed by atoms with E-state index in [2.05, 4.69) is 76.5 Å². The third-order valence-corrected chi connectivity index (χ3v) is 8.29. The zero-order chi connectivity index (χ0) is 20.5. The number of aromatic nitrogens is 2. The van der Waals surface area contributed by atoms with Gasteiger partial charge in [-0.2, -0.15) is 0 Å². The number of piperazine rings is 1. The smallest absolute Gasteiger partial charge is 0.174 e. The summed E-state index contributed by atoms with van der Waals surface area (Å²) >= 11 is 8.97. The molecular formula is C20H32ClIN4OSi. The lowest BCUT2D eigenvalue weighted by Crippen LogP contribution is -2.51. The van der Waals surface area contributed by atoms with Crippen LogP contribution in [0.15, 0.2) is 12.1 Å². The Balaban J connectivity index is 1.82. The molecule has 1 atom stereocenters. The standard InChI is InChI=1S/C20H32ClIN4OSi/c1-6-24-7-8-25(15(2)13-24)18-12-19-17(11-16(18)21)23-20(22)26(19)14-27-9-10-28(3,4)5/h11-12,15H,6-10,13-14H2,1-5H3. The molecule has 0 aliphatic carbocycles. The van der Waals surface area contributed by atoms with Crippen molar-refractivity contribution in [2.45, 2.75) is 52.3 Å². The van der Waals surface area contributed by atoms with Crippen LogP contribution in [-0.4, -0.2) is 61.4 Å². The molecule has 1 unspecified atom stereocenters. The van der Waals surface area contributed by atoms with Gasteiger partial charge in [0.05, 0.1) is 21.7 Å². The summed E-state index contributed by atoms with van der Waals surface area (Å²) in [5.41, 5.74) is 3.14. The van der Waals surface area contributed by atoms with Gasteiger partial charge < -0.3 is 9.64 Å². The van der Waals surface area contributed by atoms with Crippen LogP contribution in [0.3, 0.4) is 0 Å². The molecule has 0 amide bonds. The van der Waals surface area contributed by atoms with Crippen LogP contribution < -0.4 is 4.90 Å². The molecule has 2 aromatic rings. The molecule has 1 saturated heterocycles. The summed E-state index contributed by atoms with van der Waals surface area (Å²) < 4.78 is 9.11.